The van der Waals surface area contributed by atoms with Crippen molar-refractivity contribution in [3.05, 3.63) is 67.7 Å². The van der Waals surface area contributed by atoms with Gasteiger partial charge in [0.1, 0.15) is 0 Å². The lowest BCUT2D eigenvalue weighted by atomic mass is 9.70. The van der Waals surface area contributed by atoms with E-state index in [1.807, 2.05) is 0 Å². The van der Waals surface area contributed by atoms with Crippen LogP contribution in [0.25, 0.3) is 20.2 Å². The second-order valence-electron chi connectivity index (χ2n) is 14.1. The zero-order chi connectivity index (χ0) is 32.8. The number of fused-ring (bicyclic) bond motifs is 6. The molecule has 2 spiro atoms. The summed E-state index contributed by atoms with van der Waals surface area (Å²) in [6.45, 7) is 5.20. The van der Waals surface area contributed by atoms with E-state index in [4.69, 9.17) is 15.3 Å². The highest BCUT2D eigenvalue weighted by molar-refractivity contribution is 9.10. The average Bonchev–Trinajstić information content (AvgIpc) is 3.96. The van der Waals surface area contributed by atoms with Gasteiger partial charge in [-0.15, -0.1) is 35.1 Å². The summed E-state index contributed by atoms with van der Waals surface area (Å²) >= 11 is 10.4. The molecule has 6 saturated heterocycles. The third-order valence-electron chi connectivity index (χ3n) is 11.8. The molecule has 4 aromatic rings. The SMILES string of the molecule is Brc1ccc2ccsc2c1.Cl.N[C@@H]1C2CCN(CC2)C12CC2.O=C(C[C@@H]1C2CCN(CC2)C12CC2)c1cc2ccc(Br)cc2s1.O=C=O. The Balaban J connectivity index is 0.000000134. The van der Waals surface area contributed by atoms with Gasteiger partial charge in [-0.2, -0.15) is 9.59 Å². The van der Waals surface area contributed by atoms with Crippen LogP contribution < -0.4 is 5.73 Å². The Morgan fingerprint density at radius 3 is 1.90 bits per heavy atom. The number of halogens is 3. The fourth-order valence-electron chi connectivity index (χ4n) is 9.09. The molecule has 2 atom stereocenters. The van der Waals surface area contributed by atoms with Crippen LogP contribution in [0.3, 0.4) is 0 Å². The predicted molar refractivity (Wildman–Crippen MR) is 204 cm³/mol. The Kier molecular flexibility index (Phi) is 11.4. The number of benzene rings is 2. The highest BCUT2D eigenvalue weighted by Gasteiger charge is 2.60. The molecule has 2 aromatic heterocycles. The molecule has 6 aliphatic heterocycles. The van der Waals surface area contributed by atoms with Crippen LogP contribution in [0.1, 0.15) is 67.5 Å². The van der Waals surface area contributed by atoms with Gasteiger partial charge in [-0.25, -0.2) is 0 Å². The van der Waals surface area contributed by atoms with Gasteiger partial charge in [0.15, 0.2) is 5.78 Å². The van der Waals surface area contributed by atoms with E-state index in [9.17, 15) is 4.79 Å². The van der Waals surface area contributed by atoms with Crippen molar-refractivity contribution in [2.24, 2.45) is 23.5 Å². The molecule has 0 radical (unpaired) electrons. The second-order valence-corrected chi connectivity index (χ2v) is 18.0. The lowest BCUT2D eigenvalue weighted by Crippen LogP contribution is -2.63. The number of Topliss-reactive ketones (excluding diaryl/α,β-unsaturated/α-hetero) is 1. The normalized spacial score (nSPS) is 29.0. The van der Waals surface area contributed by atoms with Crippen LogP contribution in [-0.4, -0.2) is 65.0 Å². The van der Waals surface area contributed by atoms with E-state index in [-0.39, 0.29) is 18.6 Å². The molecule has 8 fully saturated rings. The Morgan fingerprint density at radius 1 is 0.792 bits per heavy atom. The van der Waals surface area contributed by atoms with Crippen LogP contribution in [0, 0.1) is 17.8 Å². The topological polar surface area (TPSA) is 83.7 Å². The number of nitrogens with two attached hydrogens (primary N) is 1. The molecule has 2 saturated carbocycles. The van der Waals surface area contributed by atoms with Crippen molar-refractivity contribution in [3.63, 3.8) is 0 Å². The Morgan fingerprint density at radius 2 is 1.33 bits per heavy atom. The maximum atomic E-state index is 12.9. The molecule has 256 valence electrons. The van der Waals surface area contributed by atoms with Gasteiger partial charge in [0, 0.05) is 41.9 Å². The van der Waals surface area contributed by atoms with E-state index in [0.717, 1.165) is 32.1 Å². The lowest BCUT2D eigenvalue weighted by molar-refractivity contribution is -0.191. The van der Waals surface area contributed by atoms with Crippen LogP contribution in [-0.2, 0) is 9.59 Å². The smallest absolute Gasteiger partial charge is 0.326 e. The third-order valence-corrected chi connectivity index (χ3v) is 14.8. The van der Waals surface area contributed by atoms with E-state index in [1.54, 1.807) is 22.7 Å². The number of nitrogens with zero attached hydrogens (tertiary/aromatic N) is 2. The van der Waals surface area contributed by atoms with E-state index in [2.05, 4.69) is 95.6 Å². The number of carbonyl (C=O) groups excluding carboxylic acids is 3. The van der Waals surface area contributed by atoms with Crippen molar-refractivity contribution in [1.82, 2.24) is 9.80 Å². The van der Waals surface area contributed by atoms with E-state index in [0.29, 0.717) is 28.8 Å². The molecule has 0 amide bonds. The average molecular weight is 836 g/mol. The van der Waals surface area contributed by atoms with Crippen molar-refractivity contribution >= 4 is 99.0 Å². The van der Waals surface area contributed by atoms with Gasteiger partial charge in [-0.3, -0.25) is 14.6 Å². The monoisotopic (exact) mass is 833 g/mol. The minimum atomic E-state index is 0. The summed E-state index contributed by atoms with van der Waals surface area (Å²) in [5.74, 6) is 2.62. The first kappa shape index (κ1) is 36.3. The Labute approximate surface area is 313 Å². The maximum Gasteiger partial charge on any atom is 0.373 e. The number of carbonyl (C=O) groups is 1. The van der Waals surface area contributed by atoms with Crippen molar-refractivity contribution in [2.75, 3.05) is 26.2 Å². The second kappa shape index (κ2) is 15.0. The Hall–Kier alpha value is -1.46. The summed E-state index contributed by atoms with van der Waals surface area (Å²) in [6.07, 6.45) is 11.7. The number of thiophene rings is 2. The number of piperidine rings is 6. The standard InChI is InChI=1S/C19H20BrNOS.C9H16N2.C8H5BrS.CO2.ClH/c20-14-2-1-13-9-18(23-17(13)10-14)16(22)11-15-12-3-7-21(8-4-12)19(15)5-6-19;10-8-7-1-5-11(6-2-7)9(8)3-4-9;9-7-2-1-6-3-4-10-8(6)5-7;2-1-3;/h1-2,9-10,12,15H,3-8,11H2;7-8H,1-6,10H2;1-5H;;1H/t15-;8-;;;/m11.../s1. The Bertz CT molecular complexity index is 1780. The van der Waals surface area contributed by atoms with Gasteiger partial charge in [0.2, 0.25) is 0 Å². The zero-order valence-electron chi connectivity index (χ0n) is 26.9. The van der Waals surface area contributed by atoms with Crippen LogP contribution in [0.15, 0.2) is 62.9 Å². The molecule has 11 heteroatoms. The first-order valence-electron chi connectivity index (χ1n) is 16.9. The van der Waals surface area contributed by atoms with Gasteiger partial charge >= 0.3 is 6.15 Å². The summed E-state index contributed by atoms with van der Waals surface area (Å²) in [6, 6.07) is 17.3. The molecule has 48 heavy (non-hydrogen) atoms. The summed E-state index contributed by atoms with van der Waals surface area (Å²) < 4.78 is 4.79. The summed E-state index contributed by atoms with van der Waals surface area (Å²) in [4.78, 5) is 35.5. The van der Waals surface area contributed by atoms with E-state index < -0.39 is 0 Å². The van der Waals surface area contributed by atoms with Gasteiger partial charge < -0.3 is 5.73 Å². The molecule has 8 heterocycles. The van der Waals surface area contributed by atoms with Gasteiger partial charge in [0.25, 0.3) is 0 Å². The van der Waals surface area contributed by atoms with Crippen LogP contribution in [0.4, 0.5) is 0 Å². The molecule has 12 rings (SSSR count). The predicted octanol–water partition coefficient (Wildman–Crippen LogP) is 9.19. The van der Waals surface area contributed by atoms with Crippen molar-refractivity contribution in [3.8, 4) is 0 Å². The molecular formula is C37H42Br2ClN3O3S2. The summed E-state index contributed by atoms with van der Waals surface area (Å²) in [5, 5.41) is 4.63. The van der Waals surface area contributed by atoms with E-state index >= 15 is 0 Å². The molecule has 4 bridgehead atoms. The zero-order valence-corrected chi connectivity index (χ0v) is 32.5. The van der Waals surface area contributed by atoms with Crippen molar-refractivity contribution < 1.29 is 14.4 Å². The minimum Gasteiger partial charge on any atom is -0.326 e. The fraction of sp³-hybridized carbons (Fsp3) is 0.514. The lowest BCUT2D eigenvalue weighted by Gasteiger charge is -2.52. The molecule has 6 nitrogen and oxygen atoms in total. The molecule has 2 aliphatic carbocycles. The summed E-state index contributed by atoms with van der Waals surface area (Å²) in [5.41, 5.74) is 7.15. The minimum absolute atomic E-state index is 0. The summed E-state index contributed by atoms with van der Waals surface area (Å²) in [7, 11) is 0. The molecule has 2 aromatic carbocycles. The molecule has 2 N–H and O–H groups in total. The molecule has 0 unspecified atom stereocenters. The molecule has 8 aliphatic rings. The van der Waals surface area contributed by atoms with Gasteiger partial charge in [0.05, 0.1) is 4.88 Å². The maximum absolute atomic E-state index is 12.9. The number of ketones is 1. The number of hydrogen-bond acceptors (Lipinski definition) is 8. The van der Waals surface area contributed by atoms with Gasteiger partial charge in [-0.05, 0) is 148 Å². The highest BCUT2D eigenvalue weighted by Crippen LogP contribution is 2.58. The fourth-order valence-corrected chi connectivity index (χ4v) is 12.0. The largest absolute Gasteiger partial charge is 0.373 e. The van der Waals surface area contributed by atoms with Crippen molar-refractivity contribution in [2.45, 2.75) is 74.9 Å². The first-order chi connectivity index (χ1) is 22.8. The number of rotatable bonds is 3. The number of hydrogen-bond donors (Lipinski definition) is 1. The van der Waals surface area contributed by atoms with Crippen LogP contribution in [0.5, 0.6) is 0 Å². The first-order valence-corrected chi connectivity index (χ1v) is 20.1. The third kappa shape index (κ3) is 7.17. The van der Waals surface area contributed by atoms with Crippen LogP contribution >= 0.6 is 66.9 Å². The quantitative estimate of drug-likeness (QED) is 0.208. The van der Waals surface area contributed by atoms with E-state index in [1.165, 1.54) is 97.7 Å². The van der Waals surface area contributed by atoms with Crippen molar-refractivity contribution in [1.29, 1.82) is 0 Å². The van der Waals surface area contributed by atoms with Crippen LogP contribution in [0.2, 0.25) is 0 Å². The van der Waals surface area contributed by atoms with Gasteiger partial charge in [-0.1, -0.05) is 44.0 Å². The highest BCUT2D eigenvalue weighted by atomic mass is 79.9. The molecular weight excluding hydrogens is 794 g/mol.